The van der Waals surface area contributed by atoms with E-state index in [-0.39, 0.29) is 24.4 Å². The summed E-state index contributed by atoms with van der Waals surface area (Å²) in [5.41, 5.74) is 0. The average Bonchev–Trinajstić information content (AvgIpc) is 3.08. The van der Waals surface area contributed by atoms with Crippen molar-refractivity contribution in [3.63, 3.8) is 0 Å². The third-order valence-electron chi connectivity index (χ3n) is 13.1. The maximum Gasteiger partial charge on any atom is 0.508 e. The molecule has 6 saturated carbocycles. The molecule has 6 aliphatic carbocycles. The minimum absolute atomic E-state index is 0.115. The monoisotopic (exact) mass is 642 g/mol. The van der Waals surface area contributed by atoms with Crippen LogP contribution in [0.3, 0.4) is 0 Å². The number of ether oxygens (including phenoxy) is 4. The van der Waals surface area contributed by atoms with Crippen LogP contribution in [0.2, 0.25) is 0 Å². The number of hydrogen-bond donors (Lipinski definition) is 0. The number of carbonyl (C=O) groups excluding carboxylic acids is 3. The highest BCUT2D eigenvalue weighted by atomic mass is 16.7. The second-order valence-electron chi connectivity index (χ2n) is 16.3. The molecule has 0 saturated heterocycles. The zero-order valence-electron chi connectivity index (χ0n) is 28.5. The number of ketones is 2. The predicted octanol–water partition coefficient (Wildman–Crippen LogP) is 8.93. The Kier molecular flexibility index (Phi) is 12.9. The van der Waals surface area contributed by atoms with E-state index in [1.165, 1.54) is 51.4 Å². The van der Waals surface area contributed by atoms with Gasteiger partial charge in [0, 0.05) is 51.7 Å². The van der Waals surface area contributed by atoms with Crippen LogP contribution in [0.25, 0.3) is 0 Å². The summed E-state index contributed by atoms with van der Waals surface area (Å²) in [5, 5.41) is 0. The molecule has 0 heterocycles. The smallest absolute Gasteiger partial charge is 0.431 e. The lowest BCUT2D eigenvalue weighted by Gasteiger charge is -2.36. The largest absolute Gasteiger partial charge is 0.508 e. The van der Waals surface area contributed by atoms with E-state index in [2.05, 4.69) is 0 Å². The van der Waals surface area contributed by atoms with Crippen molar-refractivity contribution >= 4 is 17.7 Å². The van der Waals surface area contributed by atoms with Crippen LogP contribution in [0, 0.1) is 35.5 Å². The summed E-state index contributed by atoms with van der Waals surface area (Å²) < 4.78 is 24.5. The lowest BCUT2D eigenvalue weighted by Crippen LogP contribution is -2.35. The van der Waals surface area contributed by atoms with E-state index in [1.807, 2.05) is 0 Å². The summed E-state index contributed by atoms with van der Waals surface area (Å²) >= 11 is 0. The number of hydrogen-bond acceptors (Lipinski definition) is 7. The van der Waals surface area contributed by atoms with E-state index in [0.717, 1.165) is 140 Å². The molecule has 7 nitrogen and oxygen atoms in total. The van der Waals surface area contributed by atoms with Gasteiger partial charge < -0.3 is 18.9 Å². The Morgan fingerprint density at radius 3 is 1.20 bits per heavy atom. The van der Waals surface area contributed by atoms with Crippen molar-refractivity contribution in [2.75, 3.05) is 13.2 Å². The standard InChI is InChI=1S/C39H62O7/c40-33-19-15-31(16-20-33)29-11-7-27(8-12-29)25-43-35-3-1-5-37(23-35)45-39(42)46-38-6-2-4-36(24-38)44-26-28-9-13-30(14-10-28)32-17-21-34(41)22-18-32/h27-32,35-38H,1-26H2. The molecule has 6 rings (SSSR count). The molecule has 0 aliphatic heterocycles. The van der Waals surface area contributed by atoms with Crippen LogP contribution in [-0.4, -0.2) is 55.4 Å². The van der Waals surface area contributed by atoms with Gasteiger partial charge in [0.25, 0.3) is 0 Å². The first-order valence-corrected chi connectivity index (χ1v) is 19.6. The molecule has 46 heavy (non-hydrogen) atoms. The zero-order chi connectivity index (χ0) is 31.7. The molecular weight excluding hydrogens is 580 g/mol. The van der Waals surface area contributed by atoms with Crippen LogP contribution >= 0.6 is 0 Å². The Morgan fingerprint density at radius 2 is 0.804 bits per heavy atom. The summed E-state index contributed by atoms with van der Waals surface area (Å²) in [6.45, 7) is 1.65. The van der Waals surface area contributed by atoms with Gasteiger partial charge >= 0.3 is 6.16 Å². The Hall–Kier alpha value is -1.47. The van der Waals surface area contributed by atoms with Gasteiger partial charge in [0.15, 0.2) is 0 Å². The Morgan fingerprint density at radius 1 is 0.457 bits per heavy atom. The topological polar surface area (TPSA) is 88.1 Å². The molecule has 0 aromatic rings. The summed E-state index contributed by atoms with van der Waals surface area (Å²) in [6, 6.07) is 0. The van der Waals surface area contributed by atoms with Gasteiger partial charge in [-0.25, -0.2) is 4.79 Å². The lowest BCUT2D eigenvalue weighted by atomic mass is 9.71. The Balaban J connectivity index is 0.827. The number of rotatable bonds is 10. The maximum absolute atomic E-state index is 12.8. The first kappa shape index (κ1) is 34.4. The molecule has 0 radical (unpaired) electrons. The third-order valence-corrected chi connectivity index (χ3v) is 13.1. The SMILES string of the molecule is O=C1CCC(C2CCC(COC3CCCC(OC(=O)OC4CCCC(OCC5CCC(C6CCC(=O)CC6)CC5)C4)C3)CC2)CC1. The van der Waals surface area contributed by atoms with Crippen LogP contribution < -0.4 is 0 Å². The second-order valence-corrected chi connectivity index (χ2v) is 16.3. The first-order chi connectivity index (χ1) is 22.5. The number of Topliss-reactive ketones (excluding diaryl/α,β-unsaturated/α-hetero) is 2. The minimum atomic E-state index is -0.512. The highest BCUT2D eigenvalue weighted by molar-refractivity contribution is 5.79. The van der Waals surface area contributed by atoms with Crippen molar-refractivity contribution in [3.05, 3.63) is 0 Å². The van der Waals surface area contributed by atoms with Crippen molar-refractivity contribution in [2.45, 2.75) is 179 Å². The minimum Gasteiger partial charge on any atom is -0.431 e. The molecule has 0 N–H and O–H groups in total. The van der Waals surface area contributed by atoms with Crippen LogP contribution in [-0.2, 0) is 28.5 Å². The van der Waals surface area contributed by atoms with Gasteiger partial charge in [-0.15, -0.1) is 0 Å². The van der Waals surface area contributed by atoms with Gasteiger partial charge in [-0.05, 0) is 151 Å². The maximum atomic E-state index is 12.8. The summed E-state index contributed by atoms with van der Waals surface area (Å²) in [6.07, 6.45) is 24.8. The van der Waals surface area contributed by atoms with E-state index < -0.39 is 6.16 Å². The van der Waals surface area contributed by atoms with Crippen molar-refractivity contribution < 1.29 is 33.3 Å². The molecule has 4 atom stereocenters. The van der Waals surface area contributed by atoms with Gasteiger partial charge in [0.2, 0.25) is 0 Å². The van der Waals surface area contributed by atoms with E-state index in [4.69, 9.17) is 18.9 Å². The van der Waals surface area contributed by atoms with Gasteiger partial charge in [-0.2, -0.15) is 0 Å². The summed E-state index contributed by atoms with van der Waals surface area (Å²) in [5.74, 6) is 5.34. The first-order valence-electron chi connectivity index (χ1n) is 19.6. The van der Waals surface area contributed by atoms with Crippen LogP contribution in [0.15, 0.2) is 0 Å². The van der Waals surface area contributed by atoms with Gasteiger partial charge in [-0.1, -0.05) is 0 Å². The molecule has 7 heteroatoms. The van der Waals surface area contributed by atoms with Crippen molar-refractivity contribution in [2.24, 2.45) is 35.5 Å². The second kappa shape index (κ2) is 17.3. The van der Waals surface area contributed by atoms with Gasteiger partial charge in [0.1, 0.15) is 23.8 Å². The summed E-state index contributed by atoms with van der Waals surface area (Å²) in [7, 11) is 0. The highest BCUT2D eigenvalue weighted by Gasteiger charge is 2.34. The van der Waals surface area contributed by atoms with Gasteiger partial charge in [-0.3, -0.25) is 9.59 Å². The van der Waals surface area contributed by atoms with Crippen LogP contribution in [0.5, 0.6) is 0 Å². The Labute approximate surface area is 278 Å². The molecule has 0 aromatic carbocycles. The van der Waals surface area contributed by atoms with Crippen molar-refractivity contribution in [1.29, 1.82) is 0 Å². The van der Waals surface area contributed by atoms with E-state index in [9.17, 15) is 14.4 Å². The summed E-state index contributed by atoms with van der Waals surface area (Å²) in [4.78, 5) is 36.0. The molecule has 260 valence electrons. The predicted molar refractivity (Wildman–Crippen MR) is 176 cm³/mol. The molecule has 4 unspecified atom stereocenters. The Bertz CT molecular complexity index is 885. The fourth-order valence-electron chi connectivity index (χ4n) is 10.1. The average molecular weight is 643 g/mol. The van der Waals surface area contributed by atoms with E-state index in [0.29, 0.717) is 23.4 Å². The van der Waals surface area contributed by atoms with Gasteiger partial charge in [0.05, 0.1) is 12.2 Å². The third kappa shape index (κ3) is 10.3. The molecule has 0 bridgehead atoms. The van der Waals surface area contributed by atoms with Crippen LogP contribution in [0.4, 0.5) is 4.79 Å². The van der Waals surface area contributed by atoms with Crippen molar-refractivity contribution in [1.82, 2.24) is 0 Å². The fraction of sp³-hybridized carbons (Fsp3) is 0.923. The zero-order valence-corrected chi connectivity index (χ0v) is 28.5. The molecule has 6 fully saturated rings. The molecule has 0 amide bonds. The normalized spacial score (nSPS) is 37.1. The lowest BCUT2D eigenvalue weighted by molar-refractivity contribution is -0.122. The molecular formula is C39H62O7. The quantitative estimate of drug-likeness (QED) is 0.220. The molecule has 0 aromatic heterocycles. The van der Waals surface area contributed by atoms with Crippen LogP contribution in [0.1, 0.15) is 154 Å². The number of carbonyl (C=O) groups is 3. The fourth-order valence-corrected chi connectivity index (χ4v) is 10.1. The highest BCUT2D eigenvalue weighted by Crippen LogP contribution is 2.41. The molecule has 0 spiro atoms. The van der Waals surface area contributed by atoms with E-state index >= 15 is 0 Å². The van der Waals surface area contributed by atoms with E-state index in [1.54, 1.807) is 0 Å². The van der Waals surface area contributed by atoms with Crippen molar-refractivity contribution in [3.8, 4) is 0 Å². The molecule has 6 aliphatic rings.